The van der Waals surface area contributed by atoms with Gasteiger partial charge >= 0.3 is 0 Å². The first-order valence-electron chi connectivity index (χ1n) is 11.0. The van der Waals surface area contributed by atoms with Crippen molar-refractivity contribution in [2.45, 2.75) is 0 Å². The molecule has 0 bridgehead atoms. The largest absolute Gasteiger partial charge is 0.236 e. The highest BCUT2D eigenvalue weighted by Gasteiger charge is 2.08. The van der Waals surface area contributed by atoms with Crippen molar-refractivity contribution in [3.63, 3.8) is 0 Å². The zero-order valence-corrected chi connectivity index (χ0v) is 18.6. The van der Waals surface area contributed by atoms with E-state index in [1.165, 1.54) is 32.7 Å². The zero-order valence-electron chi connectivity index (χ0n) is 17.9. The number of pyridine rings is 1. The summed E-state index contributed by atoms with van der Waals surface area (Å²) in [5.74, 6) is 0. The Labute approximate surface area is 197 Å². The Balaban J connectivity index is 1.43. The minimum Gasteiger partial charge on any atom is -0.236 e. The van der Waals surface area contributed by atoms with Gasteiger partial charge in [-0.15, -0.1) is 0 Å². The van der Waals surface area contributed by atoms with Crippen molar-refractivity contribution >= 4 is 33.1 Å². The van der Waals surface area contributed by atoms with Gasteiger partial charge in [0.2, 0.25) is 0 Å². The van der Waals surface area contributed by atoms with Crippen molar-refractivity contribution in [2.75, 3.05) is 0 Å². The molecule has 0 saturated heterocycles. The van der Waals surface area contributed by atoms with E-state index in [0.29, 0.717) is 5.15 Å². The van der Waals surface area contributed by atoms with Gasteiger partial charge in [-0.05, 0) is 68.1 Å². The van der Waals surface area contributed by atoms with Crippen LogP contribution >= 0.6 is 11.6 Å². The minimum atomic E-state index is 0.495. The molecule has 0 unspecified atom stereocenters. The van der Waals surface area contributed by atoms with E-state index < -0.39 is 0 Å². The van der Waals surface area contributed by atoms with Crippen molar-refractivity contribution in [1.29, 1.82) is 0 Å². The number of rotatable bonds is 3. The van der Waals surface area contributed by atoms with Gasteiger partial charge < -0.3 is 0 Å². The van der Waals surface area contributed by atoms with E-state index in [0.717, 1.165) is 22.4 Å². The highest BCUT2D eigenvalue weighted by Crippen LogP contribution is 2.33. The monoisotopic (exact) mass is 441 g/mol. The Morgan fingerprint density at radius 2 is 1.09 bits per heavy atom. The van der Waals surface area contributed by atoms with E-state index in [-0.39, 0.29) is 0 Å². The molecule has 0 aliphatic rings. The zero-order chi connectivity index (χ0) is 22.2. The fourth-order valence-corrected chi connectivity index (χ4v) is 4.70. The fourth-order valence-electron chi connectivity index (χ4n) is 4.49. The van der Waals surface area contributed by atoms with Gasteiger partial charge in [0.05, 0.1) is 5.69 Å². The first kappa shape index (κ1) is 19.7. The number of hydrogen-bond acceptors (Lipinski definition) is 1. The number of benzene rings is 5. The van der Waals surface area contributed by atoms with Gasteiger partial charge in [-0.3, -0.25) is 0 Å². The molecule has 5 aromatic carbocycles. The van der Waals surface area contributed by atoms with E-state index in [9.17, 15) is 0 Å². The average molecular weight is 442 g/mol. The van der Waals surface area contributed by atoms with Gasteiger partial charge in [0.25, 0.3) is 0 Å². The fraction of sp³-hybridized carbons (Fsp3) is 0. The molecular formula is C31H20ClN. The molecule has 0 saturated carbocycles. The van der Waals surface area contributed by atoms with Crippen LogP contribution in [0.1, 0.15) is 0 Å². The third-order valence-electron chi connectivity index (χ3n) is 6.14. The second-order valence-electron chi connectivity index (χ2n) is 8.23. The molecule has 33 heavy (non-hydrogen) atoms. The second-order valence-corrected chi connectivity index (χ2v) is 8.62. The van der Waals surface area contributed by atoms with Crippen molar-refractivity contribution in [3.05, 3.63) is 126 Å². The summed E-state index contributed by atoms with van der Waals surface area (Å²) < 4.78 is 0. The molecule has 156 valence electrons. The van der Waals surface area contributed by atoms with E-state index >= 15 is 0 Å². The van der Waals surface area contributed by atoms with E-state index in [1.54, 1.807) is 0 Å². The van der Waals surface area contributed by atoms with Gasteiger partial charge in [-0.1, -0.05) is 109 Å². The summed E-state index contributed by atoms with van der Waals surface area (Å²) in [6.07, 6.45) is 0. The Kier molecular flexibility index (Phi) is 4.90. The third-order valence-corrected chi connectivity index (χ3v) is 6.33. The molecule has 0 radical (unpaired) electrons. The molecule has 0 atom stereocenters. The van der Waals surface area contributed by atoms with Crippen LogP contribution in [0.2, 0.25) is 5.15 Å². The Bertz CT molecular complexity index is 1620. The van der Waals surface area contributed by atoms with Crippen molar-refractivity contribution in [2.24, 2.45) is 0 Å². The number of nitrogens with zero attached hydrogens (tertiary/aromatic N) is 1. The highest BCUT2D eigenvalue weighted by molar-refractivity contribution is 6.29. The van der Waals surface area contributed by atoms with Crippen LogP contribution in [0.4, 0.5) is 0 Å². The van der Waals surface area contributed by atoms with Gasteiger partial charge in [-0.2, -0.15) is 0 Å². The number of halogens is 1. The molecule has 1 aromatic heterocycles. The lowest BCUT2D eigenvalue weighted by Crippen LogP contribution is -1.88. The molecule has 0 fully saturated rings. The number of hydrogen-bond donors (Lipinski definition) is 0. The van der Waals surface area contributed by atoms with Crippen molar-refractivity contribution in [3.8, 4) is 33.5 Å². The van der Waals surface area contributed by atoms with Crippen LogP contribution in [0.25, 0.3) is 55.1 Å². The van der Waals surface area contributed by atoms with Crippen molar-refractivity contribution in [1.82, 2.24) is 4.98 Å². The topological polar surface area (TPSA) is 12.9 Å². The van der Waals surface area contributed by atoms with Crippen LogP contribution < -0.4 is 0 Å². The molecule has 0 spiro atoms. The van der Waals surface area contributed by atoms with E-state index in [4.69, 9.17) is 11.6 Å². The molecular weight excluding hydrogens is 422 g/mol. The third kappa shape index (κ3) is 3.77. The van der Waals surface area contributed by atoms with Crippen LogP contribution in [-0.4, -0.2) is 4.98 Å². The van der Waals surface area contributed by atoms with Gasteiger partial charge in [0.1, 0.15) is 5.15 Å². The summed E-state index contributed by atoms with van der Waals surface area (Å²) in [4.78, 5) is 4.53. The summed E-state index contributed by atoms with van der Waals surface area (Å²) >= 11 is 6.41. The Morgan fingerprint density at radius 1 is 0.424 bits per heavy atom. The second kappa shape index (κ2) is 8.20. The lowest BCUT2D eigenvalue weighted by molar-refractivity contribution is 1.32. The lowest BCUT2D eigenvalue weighted by atomic mass is 9.95. The normalized spacial score (nSPS) is 11.2. The summed E-state index contributed by atoms with van der Waals surface area (Å²) in [7, 11) is 0. The number of aromatic nitrogens is 1. The Hall–Kier alpha value is -3.94. The molecule has 2 heteroatoms. The molecule has 1 heterocycles. The first-order chi connectivity index (χ1) is 16.2. The smallest absolute Gasteiger partial charge is 0.130 e. The summed E-state index contributed by atoms with van der Waals surface area (Å²) in [5, 5.41) is 5.57. The quantitative estimate of drug-likeness (QED) is 0.197. The number of fused-ring (bicyclic) bond motifs is 3. The average Bonchev–Trinajstić information content (AvgIpc) is 2.88. The maximum Gasteiger partial charge on any atom is 0.130 e. The van der Waals surface area contributed by atoms with E-state index in [2.05, 4.69) is 102 Å². The molecule has 0 N–H and O–H groups in total. The van der Waals surface area contributed by atoms with Gasteiger partial charge in [-0.25, -0.2) is 4.98 Å². The highest BCUT2D eigenvalue weighted by atomic mass is 35.5. The SMILES string of the molecule is Clc1cc(-c2cccc(-c3ccc4c(ccc5ccccc54)c3)c2)cc(-c2ccccc2)n1. The molecule has 6 rings (SSSR count). The molecule has 0 aliphatic heterocycles. The first-order valence-corrected chi connectivity index (χ1v) is 11.4. The van der Waals surface area contributed by atoms with Crippen LogP contribution in [0.3, 0.4) is 0 Å². The maximum absolute atomic E-state index is 6.41. The molecule has 6 aromatic rings. The predicted molar refractivity (Wildman–Crippen MR) is 141 cm³/mol. The Morgan fingerprint density at radius 3 is 1.97 bits per heavy atom. The van der Waals surface area contributed by atoms with Gasteiger partial charge in [0.15, 0.2) is 0 Å². The maximum atomic E-state index is 6.41. The summed E-state index contributed by atoms with van der Waals surface area (Å²) in [6.45, 7) is 0. The molecule has 0 aliphatic carbocycles. The van der Waals surface area contributed by atoms with Crippen LogP contribution in [0.15, 0.2) is 121 Å². The molecule has 0 amide bonds. The van der Waals surface area contributed by atoms with Crippen molar-refractivity contribution < 1.29 is 0 Å². The predicted octanol–water partition coefficient (Wildman–Crippen LogP) is 9.04. The van der Waals surface area contributed by atoms with Gasteiger partial charge in [0, 0.05) is 5.56 Å². The van der Waals surface area contributed by atoms with Crippen LogP contribution in [0.5, 0.6) is 0 Å². The summed E-state index contributed by atoms with van der Waals surface area (Å²) in [5.41, 5.74) is 6.48. The molecule has 1 nitrogen and oxygen atoms in total. The standard InChI is InChI=1S/C31H20ClN/c32-31-20-27(19-30(33-31)22-8-2-1-3-9-22)24-11-6-10-23(17-24)25-15-16-29-26(18-25)14-13-21-7-4-5-12-28(21)29/h1-20H. The van der Waals surface area contributed by atoms with Crippen LogP contribution in [0, 0.1) is 0 Å². The lowest BCUT2D eigenvalue weighted by Gasteiger charge is -2.10. The van der Waals surface area contributed by atoms with Crippen LogP contribution in [-0.2, 0) is 0 Å². The van der Waals surface area contributed by atoms with E-state index in [1.807, 2.05) is 24.3 Å². The summed E-state index contributed by atoms with van der Waals surface area (Å²) in [6, 6.07) is 42.4. The minimum absolute atomic E-state index is 0.495.